The number of nitrogens with one attached hydrogen (secondary N) is 1. The molecule has 0 fully saturated rings. The highest BCUT2D eigenvalue weighted by atomic mass is 32.2. The molecule has 1 heterocycles. The molecule has 3 atom stereocenters. The predicted octanol–water partition coefficient (Wildman–Crippen LogP) is 1.23. The summed E-state index contributed by atoms with van der Waals surface area (Å²) in [7, 11) is 1.29. The van der Waals surface area contributed by atoms with Crippen molar-refractivity contribution in [3.8, 4) is 0 Å². The van der Waals surface area contributed by atoms with Crippen molar-refractivity contribution in [3.63, 3.8) is 0 Å². The lowest BCUT2D eigenvalue weighted by Crippen LogP contribution is -2.31. The second kappa shape index (κ2) is 6.15. The predicted molar refractivity (Wildman–Crippen MR) is 67.8 cm³/mol. The normalized spacial score (nSPS) is 17.0. The fourth-order valence-electron chi connectivity index (χ4n) is 1.72. The Labute approximate surface area is 99.9 Å². The molecule has 0 bridgehead atoms. The number of rotatable bonds is 6. The third-order valence-corrected chi connectivity index (χ3v) is 3.43. The van der Waals surface area contributed by atoms with Crippen molar-refractivity contribution >= 4 is 10.8 Å². The van der Waals surface area contributed by atoms with Gasteiger partial charge in [0.1, 0.15) is 5.82 Å². The second-order valence-electron chi connectivity index (χ2n) is 4.25. The molecule has 3 unspecified atom stereocenters. The topological polar surface area (TPSA) is 46.9 Å². The highest BCUT2D eigenvalue weighted by Crippen LogP contribution is 2.10. The van der Waals surface area contributed by atoms with Crippen LogP contribution in [0.15, 0.2) is 12.4 Å². The zero-order valence-corrected chi connectivity index (χ0v) is 11.3. The monoisotopic (exact) mass is 243 g/mol. The Balaban J connectivity index is 2.42. The van der Waals surface area contributed by atoms with Crippen LogP contribution in [0.4, 0.5) is 0 Å². The first-order valence-electron chi connectivity index (χ1n) is 5.54. The van der Waals surface area contributed by atoms with Gasteiger partial charge in [0, 0.05) is 48.3 Å². The maximum Gasteiger partial charge on any atom is 0.125 e. The third kappa shape index (κ3) is 4.06. The van der Waals surface area contributed by atoms with Crippen molar-refractivity contribution in [2.75, 3.05) is 12.0 Å². The van der Waals surface area contributed by atoms with E-state index >= 15 is 0 Å². The van der Waals surface area contributed by atoms with Gasteiger partial charge < -0.3 is 9.88 Å². The molecule has 4 nitrogen and oxygen atoms in total. The first kappa shape index (κ1) is 13.4. The Hall–Kier alpha value is -0.680. The highest BCUT2D eigenvalue weighted by molar-refractivity contribution is 7.84. The molecule has 0 aliphatic rings. The maximum atomic E-state index is 11.0. The molecule has 0 amide bonds. The summed E-state index contributed by atoms with van der Waals surface area (Å²) < 4.78 is 13.0. The molecule has 0 radical (unpaired) electrons. The molecule has 1 aromatic heterocycles. The van der Waals surface area contributed by atoms with Gasteiger partial charge in [-0.05, 0) is 20.3 Å². The standard InChI is InChI=1S/C11H21N3OS/c1-9(5-8-16(4)15)13-10(2)11-12-6-7-14(11)3/h6-7,9-10,13H,5,8H2,1-4H3. The van der Waals surface area contributed by atoms with E-state index in [4.69, 9.17) is 0 Å². The fraction of sp³-hybridized carbons (Fsp3) is 0.727. The summed E-state index contributed by atoms with van der Waals surface area (Å²) in [5.41, 5.74) is 0. The van der Waals surface area contributed by atoms with Gasteiger partial charge in [-0.3, -0.25) is 4.21 Å². The first-order chi connectivity index (χ1) is 7.50. The number of hydrogen-bond acceptors (Lipinski definition) is 3. The first-order valence-corrected chi connectivity index (χ1v) is 7.26. The van der Waals surface area contributed by atoms with E-state index < -0.39 is 10.8 Å². The average molecular weight is 243 g/mol. The van der Waals surface area contributed by atoms with Crippen molar-refractivity contribution in [1.82, 2.24) is 14.9 Å². The van der Waals surface area contributed by atoms with Gasteiger partial charge in [0.05, 0.1) is 6.04 Å². The molecule has 0 spiro atoms. The number of aryl methyl sites for hydroxylation is 1. The number of imidazole rings is 1. The van der Waals surface area contributed by atoms with Gasteiger partial charge in [0.2, 0.25) is 0 Å². The number of hydrogen-bond donors (Lipinski definition) is 1. The second-order valence-corrected chi connectivity index (χ2v) is 5.81. The van der Waals surface area contributed by atoms with Crippen LogP contribution in [-0.2, 0) is 17.8 Å². The molecule has 1 rings (SSSR count). The van der Waals surface area contributed by atoms with Crippen molar-refractivity contribution in [3.05, 3.63) is 18.2 Å². The molecule has 0 aromatic carbocycles. The van der Waals surface area contributed by atoms with E-state index in [1.165, 1.54) is 0 Å². The van der Waals surface area contributed by atoms with Crippen LogP contribution in [0, 0.1) is 0 Å². The van der Waals surface area contributed by atoms with Crippen LogP contribution < -0.4 is 5.32 Å². The van der Waals surface area contributed by atoms with Crippen molar-refractivity contribution < 1.29 is 4.21 Å². The van der Waals surface area contributed by atoms with Crippen molar-refractivity contribution in [2.45, 2.75) is 32.4 Å². The zero-order valence-electron chi connectivity index (χ0n) is 10.4. The molecule has 0 saturated heterocycles. The number of aromatic nitrogens is 2. The summed E-state index contributed by atoms with van der Waals surface area (Å²) in [5.74, 6) is 1.78. The minimum absolute atomic E-state index is 0.222. The summed E-state index contributed by atoms with van der Waals surface area (Å²) in [6, 6.07) is 0.580. The van der Waals surface area contributed by atoms with E-state index in [0.717, 1.165) is 18.0 Å². The van der Waals surface area contributed by atoms with Gasteiger partial charge in [-0.15, -0.1) is 0 Å². The van der Waals surface area contributed by atoms with Crippen molar-refractivity contribution in [1.29, 1.82) is 0 Å². The summed E-state index contributed by atoms with van der Waals surface area (Å²) in [5, 5.41) is 3.46. The Morgan fingerprint density at radius 3 is 2.75 bits per heavy atom. The summed E-state index contributed by atoms with van der Waals surface area (Å²) in [6.07, 6.45) is 6.42. The maximum absolute atomic E-state index is 11.0. The van der Waals surface area contributed by atoms with Crippen LogP contribution in [-0.4, -0.2) is 31.8 Å². The van der Waals surface area contributed by atoms with Gasteiger partial charge >= 0.3 is 0 Å². The van der Waals surface area contributed by atoms with Crippen molar-refractivity contribution in [2.24, 2.45) is 7.05 Å². The molecule has 92 valence electrons. The van der Waals surface area contributed by atoms with Crippen LogP contribution in [0.5, 0.6) is 0 Å². The molecule has 16 heavy (non-hydrogen) atoms. The molecule has 0 aliphatic heterocycles. The Bertz CT molecular complexity index is 351. The summed E-state index contributed by atoms with van der Waals surface area (Å²) in [4.78, 5) is 4.30. The molecular weight excluding hydrogens is 222 g/mol. The van der Waals surface area contributed by atoms with E-state index in [-0.39, 0.29) is 6.04 Å². The molecule has 0 aliphatic carbocycles. The zero-order chi connectivity index (χ0) is 12.1. The largest absolute Gasteiger partial charge is 0.337 e. The van der Waals surface area contributed by atoms with E-state index in [9.17, 15) is 4.21 Å². The van der Waals surface area contributed by atoms with Crippen LogP contribution >= 0.6 is 0 Å². The average Bonchev–Trinajstić information content (AvgIpc) is 2.61. The lowest BCUT2D eigenvalue weighted by molar-refractivity contribution is 0.448. The Morgan fingerprint density at radius 2 is 2.25 bits per heavy atom. The minimum atomic E-state index is -0.703. The minimum Gasteiger partial charge on any atom is -0.337 e. The highest BCUT2D eigenvalue weighted by Gasteiger charge is 2.12. The van der Waals surface area contributed by atoms with Crippen LogP contribution in [0.2, 0.25) is 0 Å². The lowest BCUT2D eigenvalue weighted by Gasteiger charge is -2.19. The van der Waals surface area contributed by atoms with Crippen LogP contribution in [0.25, 0.3) is 0 Å². The van der Waals surface area contributed by atoms with Gasteiger partial charge in [-0.1, -0.05) is 0 Å². The van der Waals surface area contributed by atoms with Crippen LogP contribution in [0.1, 0.15) is 32.1 Å². The lowest BCUT2D eigenvalue weighted by atomic mass is 10.2. The van der Waals surface area contributed by atoms with Gasteiger partial charge in [0.25, 0.3) is 0 Å². The quantitative estimate of drug-likeness (QED) is 0.817. The fourth-order valence-corrected chi connectivity index (χ4v) is 2.41. The molecular formula is C11H21N3OS. The van der Waals surface area contributed by atoms with E-state index in [1.807, 2.05) is 17.8 Å². The SMILES string of the molecule is CC(CCS(C)=O)NC(C)c1nccn1C. The molecule has 0 saturated carbocycles. The molecule has 1 N–H and O–H groups in total. The smallest absolute Gasteiger partial charge is 0.125 e. The summed E-state index contributed by atoms with van der Waals surface area (Å²) >= 11 is 0. The van der Waals surface area contributed by atoms with E-state index in [1.54, 1.807) is 12.5 Å². The van der Waals surface area contributed by atoms with Gasteiger partial charge in [-0.2, -0.15) is 0 Å². The third-order valence-electron chi connectivity index (χ3n) is 2.62. The van der Waals surface area contributed by atoms with E-state index in [0.29, 0.717) is 6.04 Å². The van der Waals surface area contributed by atoms with Gasteiger partial charge in [0.15, 0.2) is 0 Å². The summed E-state index contributed by atoms with van der Waals surface area (Å²) in [6.45, 7) is 4.22. The Kier molecular flexibility index (Phi) is 5.15. The molecule has 1 aromatic rings. The molecule has 5 heteroatoms. The van der Waals surface area contributed by atoms with Gasteiger partial charge in [-0.25, -0.2) is 4.98 Å². The van der Waals surface area contributed by atoms with E-state index in [2.05, 4.69) is 24.1 Å². The number of nitrogens with zero attached hydrogens (tertiary/aromatic N) is 2. The van der Waals surface area contributed by atoms with Crippen LogP contribution in [0.3, 0.4) is 0 Å². The Morgan fingerprint density at radius 1 is 1.56 bits per heavy atom.